The second-order valence-electron chi connectivity index (χ2n) is 8.05. The minimum atomic E-state index is -0.746. The summed E-state index contributed by atoms with van der Waals surface area (Å²) in [7, 11) is 0. The first-order valence-corrected chi connectivity index (χ1v) is 9.85. The van der Waals surface area contributed by atoms with Gasteiger partial charge >= 0.3 is 0 Å². The Morgan fingerprint density at radius 3 is 2.38 bits per heavy atom. The lowest BCUT2D eigenvalue weighted by molar-refractivity contribution is -0.150. The maximum absolute atomic E-state index is 13.1. The minimum Gasteiger partial charge on any atom is -0.353 e. The van der Waals surface area contributed by atoms with Gasteiger partial charge in [-0.3, -0.25) is 9.59 Å². The molecule has 0 bridgehead atoms. The fraction of sp³-hybridized carbons (Fsp3) is 0.650. The van der Waals surface area contributed by atoms with E-state index < -0.39 is 5.41 Å². The molecule has 1 saturated carbocycles. The molecule has 0 radical (unpaired) electrons. The van der Waals surface area contributed by atoms with E-state index in [0.29, 0.717) is 19.0 Å². The lowest BCUT2D eigenvalue weighted by Crippen LogP contribution is -2.54. The maximum Gasteiger partial charge on any atom is 0.238 e. The van der Waals surface area contributed by atoms with Gasteiger partial charge in [0.2, 0.25) is 11.8 Å². The van der Waals surface area contributed by atoms with Gasteiger partial charge in [-0.2, -0.15) is 0 Å². The first-order valence-electron chi connectivity index (χ1n) is 9.85. The van der Waals surface area contributed by atoms with Crippen LogP contribution in [-0.2, 0) is 9.59 Å². The number of pyridine rings is 1. The summed E-state index contributed by atoms with van der Waals surface area (Å²) in [6.45, 7) is 6.69. The van der Waals surface area contributed by atoms with Crippen molar-refractivity contribution in [2.45, 2.75) is 32.6 Å². The number of carbonyl (C=O) groups is 2. The summed E-state index contributed by atoms with van der Waals surface area (Å²) in [5.74, 6) is 1.64. The number of hydrogen-bond donors (Lipinski definition) is 0. The van der Waals surface area contributed by atoms with Crippen LogP contribution in [0.5, 0.6) is 0 Å². The highest BCUT2D eigenvalue weighted by atomic mass is 16.2. The van der Waals surface area contributed by atoms with E-state index in [2.05, 4.69) is 16.8 Å². The Morgan fingerprint density at radius 2 is 1.77 bits per heavy atom. The van der Waals surface area contributed by atoms with Crippen molar-refractivity contribution >= 4 is 17.6 Å². The predicted octanol–water partition coefficient (Wildman–Crippen LogP) is 1.77. The predicted molar refractivity (Wildman–Crippen MR) is 99.7 cm³/mol. The third-order valence-corrected chi connectivity index (χ3v) is 6.05. The molecule has 1 aromatic rings. The van der Waals surface area contributed by atoms with E-state index in [-0.39, 0.29) is 11.8 Å². The standard InChI is InChI=1S/C20H28N4O2/c1-16-5-4-10-24(15-16)19(26)20(7-8-20)18(25)23-13-11-22(12-14-23)17-6-2-3-9-21-17/h2-3,6,9,16H,4-5,7-8,10-15H2,1H3. The van der Waals surface area contributed by atoms with Crippen molar-refractivity contribution < 1.29 is 9.59 Å². The van der Waals surface area contributed by atoms with Crippen molar-refractivity contribution in [1.82, 2.24) is 14.8 Å². The molecular weight excluding hydrogens is 328 g/mol. The Kier molecular flexibility index (Phi) is 4.59. The molecule has 4 rings (SSSR count). The van der Waals surface area contributed by atoms with E-state index >= 15 is 0 Å². The van der Waals surface area contributed by atoms with Crippen molar-refractivity contribution in [3.63, 3.8) is 0 Å². The van der Waals surface area contributed by atoms with Crippen LogP contribution in [0, 0.1) is 11.3 Å². The second kappa shape index (κ2) is 6.89. The molecule has 0 N–H and O–H groups in total. The third-order valence-electron chi connectivity index (χ3n) is 6.05. The molecule has 0 aromatic carbocycles. The first-order chi connectivity index (χ1) is 12.6. The minimum absolute atomic E-state index is 0.0568. The monoisotopic (exact) mass is 356 g/mol. The lowest BCUT2D eigenvalue weighted by Gasteiger charge is -2.38. The zero-order chi connectivity index (χ0) is 18.1. The number of carbonyl (C=O) groups excluding carboxylic acids is 2. The number of anilines is 1. The molecule has 26 heavy (non-hydrogen) atoms. The van der Waals surface area contributed by atoms with Gasteiger partial charge in [-0.25, -0.2) is 4.98 Å². The number of nitrogens with zero attached hydrogens (tertiary/aromatic N) is 4. The summed E-state index contributed by atoms with van der Waals surface area (Å²) in [6.07, 6.45) is 5.47. The molecule has 1 aliphatic carbocycles. The van der Waals surface area contributed by atoms with E-state index in [1.165, 1.54) is 6.42 Å². The summed E-state index contributed by atoms with van der Waals surface area (Å²) in [4.78, 5) is 36.6. The molecule has 2 saturated heterocycles. The smallest absolute Gasteiger partial charge is 0.238 e. The molecule has 6 nitrogen and oxygen atoms in total. The Bertz CT molecular complexity index is 666. The van der Waals surface area contributed by atoms with Gasteiger partial charge in [-0.05, 0) is 43.7 Å². The highest BCUT2D eigenvalue weighted by Gasteiger charge is 2.59. The topological polar surface area (TPSA) is 56.8 Å². The van der Waals surface area contributed by atoms with E-state index in [4.69, 9.17) is 0 Å². The number of hydrogen-bond acceptors (Lipinski definition) is 4. The molecule has 2 aliphatic heterocycles. The number of amides is 2. The van der Waals surface area contributed by atoms with Gasteiger partial charge in [0.05, 0.1) is 0 Å². The van der Waals surface area contributed by atoms with Crippen LogP contribution >= 0.6 is 0 Å². The van der Waals surface area contributed by atoms with Gasteiger partial charge in [-0.1, -0.05) is 13.0 Å². The molecular formula is C20H28N4O2. The number of piperazine rings is 1. The fourth-order valence-corrected chi connectivity index (χ4v) is 4.30. The van der Waals surface area contributed by atoms with E-state index in [0.717, 1.165) is 51.3 Å². The number of rotatable bonds is 3. The van der Waals surface area contributed by atoms with Crippen LogP contribution < -0.4 is 4.90 Å². The van der Waals surface area contributed by atoms with Crippen LogP contribution in [0.3, 0.4) is 0 Å². The van der Waals surface area contributed by atoms with Gasteiger partial charge in [0.25, 0.3) is 0 Å². The highest BCUT2D eigenvalue weighted by Crippen LogP contribution is 2.49. The van der Waals surface area contributed by atoms with Crippen LogP contribution in [-0.4, -0.2) is 65.9 Å². The quantitative estimate of drug-likeness (QED) is 0.775. The molecule has 1 aromatic heterocycles. The van der Waals surface area contributed by atoms with Gasteiger partial charge in [0.1, 0.15) is 11.2 Å². The van der Waals surface area contributed by atoms with Crippen molar-refractivity contribution in [2.75, 3.05) is 44.2 Å². The van der Waals surface area contributed by atoms with Crippen molar-refractivity contribution in [3.8, 4) is 0 Å². The second-order valence-corrected chi connectivity index (χ2v) is 8.05. The number of piperidine rings is 1. The average Bonchev–Trinajstić information content (AvgIpc) is 3.50. The molecule has 1 unspecified atom stereocenters. The molecule has 1 atom stereocenters. The number of aromatic nitrogens is 1. The number of likely N-dealkylation sites (tertiary alicyclic amines) is 1. The SMILES string of the molecule is CC1CCCN(C(=O)C2(C(=O)N3CCN(c4ccccn4)CC3)CC2)C1. The van der Waals surface area contributed by atoms with Crippen LogP contribution in [0.4, 0.5) is 5.82 Å². The van der Waals surface area contributed by atoms with E-state index in [9.17, 15) is 9.59 Å². The van der Waals surface area contributed by atoms with Crippen LogP contribution in [0.1, 0.15) is 32.6 Å². The van der Waals surface area contributed by atoms with Crippen LogP contribution in [0.2, 0.25) is 0 Å². The van der Waals surface area contributed by atoms with Crippen molar-refractivity contribution in [2.24, 2.45) is 11.3 Å². The largest absolute Gasteiger partial charge is 0.353 e. The molecule has 3 heterocycles. The maximum atomic E-state index is 13.1. The third kappa shape index (κ3) is 3.17. The van der Waals surface area contributed by atoms with Crippen molar-refractivity contribution in [1.29, 1.82) is 0 Å². The Labute approximate surface area is 155 Å². The van der Waals surface area contributed by atoms with Gasteiger partial charge in [0, 0.05) is 45.5 Å². The summed E-state index contributed by atoms with van der Waals surface area (Å²) in [5.41, 5.74) is -0.746. The lowest BCUT2D eigenvalue weighted by atomic mass is 9.96. The molecule has 6 heteroatoms. The van der Waals surface area contributed by atoms with Crippen LogP contribution in [0.15, 0.2) is 24.4 Å². The highest BCUT2D eigenvalue weighted by molar-refractivity contribution is 6.08. The Morgan fingerprint density at radius 1 is 1.04 bits per heavy atom. The summed E-state index contributed by atoms with van der Waals surface area (Å²) in [5, 5.41) is 0. The fourth-order valence-electron chi connectivity index (χ4n) is 4.30. The van der Waals surface area contributed by atoms with E-state index in [1.54, 1.807) is 6.20 Å². The summed E-state index contributed by atoms with van der Waals surface area (Å²) >= 11 is 0. The Hall–Kier alpha value is -2.11. The summed E-state index contributed by atoms with van der Waals surface area (Å²) < 4.78 is 0. The molecule has 140 valence electrons. The van der Waals surface area contributed by atoms with Crippen molar-refractivity contribution in [3.05, 3.63) is 24.4 Å². The van der Waals surface area contributed by atoms with Gasteiger partial charge in [-0.15, -0.1) is 0 Å². The van der Waals surface area contributed by atoms with Crippen LogP contribution in [0.25, 0.3) is 0 Å². The molecule has 3 aliphatic rings. The normalized spacial score (nSPS) is 25.1. The molecule has 3 fully saturated rings. The molecule has 0 spiro atoms. The van der Waals surface area contributed by atoms with E-state index in [1.807, 2.05) is 28.0 Å². The zero-order valence-corrected chi connectivity index (χ0v) is 15.6. The summed E-state index contributed by atoms with van der Waals surface area (Å²) in [6, 6.07) is 5.89. The molecule has 2 amide bonds. The first kappa shape index (κ1) is 17.3. The average molecular weight is 356 g/mol. The zero-order valence-electron chi connectivity index (χ0n) is 15.6. The van der Waals surface area contributed by atoms with Gasteiger partial charge < -0.3 is 14.7 Å². The van der Waals surface area contributed by atoms with Gasteiger partial charge in [0.15, 0.2) is 0 Å². The Balaban J connectivity index is 1.38.